The smallest absolute Gasteiger partial charge is 0.323 e. The van der Waals surface area contributed by atoms with E-state index in [4.69, 9.17) is 5.11 Å². The van der Waals surface area contributed by atoms with E-state index >= 15 is 0 Å². The average molecular weight is 253 g/mol. The zero-order valence-electron chi connectivity index (χ0n) is 9.68. The van der Waals surface area contributed by atoms with Crippen LogP contribution in [0.3, 0.4) is 0 Å². The molecule has 0 radical (unpaired) electrons. The van der Waals surface area contributed by atoms with Gasteiger partial charge in [-0.1, -0.05) is 0 Å². The lowest BCUT2D eigenvalue weighted by Crippen LogP contribution is -2.37. The minimum absolute atomic E-state index is 0.146. The van der Waals surface area contributed by atoms with E-state index in [9.17, 15) is 9.59 Å². The molecule has 0 atom stereocenters. The van der Waals surface area contributed by atoms with Crippen molar-refractivity contribution in [2.24, 2.45) is 5.92 Å². The maximum atomic E-state index is 12.2. The van der Waals surface area contributed by atoms with E-state index < -0.39 is 5.97 Å². The van der Waals surface area contributed by atoms with Crippen LogP contribution < -0.4 is 0 Å². The molecule has 0 bridgehead atoms. The number of aryl methyl sites for hydroxylation is 1. The Balaban J connectivity index is 2.10. The lowest BCUT2D eigenvalue weighted by molar-refractivity contribution is -0.137. The van der Waals surface area contributed by atoms with Gasteiger partial charge in [-0.15, -0.1) is 11.3 Å². The van der Waals surface area contributed by atoms with Crippen LogP contribution in [0, 0.1) is 12.8 Å². The van der Waals surface area contributed by atoms with Gasteiger partial charge in [-0.2, -0.15) is 0 Å². The third-order valence-electron chi connectivity index (χ3n) is 2.85. The van der Waals surface area contributed by atoms with Gasteiger partial charge in [0.25, 0.3) is 5.91 Å². The molecule has 0 spiro atoms. The lowest BCUT2D eigenvalue weighted by Gasteiger charge is -2.20. The van der Waals surface area contributed by atoms with Crippen molar-refractivity contribution in [2.45, 2.75) is 19.8 Å². The Kier molecular flexibility index (Phi) is 3.47. The highest BCUT2D eigenvalue weighted by atomic mass is 32.1. The van der Waals surface area contributed by atoms with Gasteiger partial charge in [-0.3, -0.25) is 9.59 Å². The third-order valence-corrected chi connectivity index (χ3v) is 3.85. The molecule has 1 aliphatic carbocycles. The first-order valence-electron chi connectivity index (χ1n) is 5.63. The van der Waals surface area contributed by atoms with E-state index in [0.717, 1.165) is 18.4 Å². The molecule has 1 N–H and O–H groups in total. The molecule has 5 heteroatoms. The van der Waals surface area contributed by atoms with E-state index in [1.165, 1.54) is 16.2 Å². The Labute approximate surface area is 104 Å². The van der Waals surface area contributed by atoms with Crippen LogP contribution in [0.15, 0.2) is 11.4 Å². The lowest BCUT2D eigenvalue weighted by atomic mass is 10.2. The summed E-state index contributed by atoms with van der Waals surface area (Å²) in [7, 11) is 0. The van der Waals surface area contributed by atoms with Crippen LogP contribution in [0.1, 0.15) is 28.1 Å². The van der Waals surface area contributed by atoms with E-state index in [1.807, 2.05) is 18.4 Å². The molecule has 1 aliphatic rings. The predicted octanol–water partition coefficient (Wildman–Crippen LogP) is 1.99. The van der Waals surface area contributed by atoms with Gasteiger partial charge in [0, 0.05) is 6.54 Å². The van der Waals surface area contributed by atoms with Crippen LogP contribution in [-0.2, 0) is 4.79 Å². The van der Waals surface area contributed by atoms with Gasteiger partial charge in [-0.25, -0.2) is 0 Å². The summed E-state index contributed by atoms with van der Waals surface area (Å²) in [6, 6.07) is 1.88. The summed E-state index contributed by atoms with van der Waals surface area (Å²) in [5.74, 6) is -0.599. The first-order chi connectivity index (χ1) is 8.08. The number of nitrogens with zero attached hydrogens (tertiary/aromatic N) is 1. The van der Waals surface area contributed by atoms with Crippen molar-refractivity contribution >= 4 is 23.2 Å². The van der Waals surface area contributed by atoms with E-state index in [-0.39, 0.29) is 12.5 Å². The molecular weight excluding hydrogens is 238 g/mol. The number of carboxylic acids is 1. The molecule has 17 heavy (non-hydrogen) atoms. The second kappa shape index (κ2) is 4.87. The second-order valence-electron chi connectivity index (χ2n) is 4.46. The predicted molar refractivity (Wildman–Crippen MR) is 65.3 cm³/mol. The van der Waals surface area contributed by atoms with Gasteiger partial charge in [0.15, 0.2) is 0 Å². The maximum absolute atomic E-state index is 12.2. The average Bonchev–Trinajstić information content (AvgIpc) is 2.97. The highest BCUT2D eigenvalue weighted by Crippen LogP contribution is 2.30. The topological polar surface area (TPSA) is 57.6 Å². The summed E-state index contributed by atoms with van der Waals surface area (Å²) in [6.07, 6.45) is 2.21. The van der Waals surface area contributed by atoms with Crippen molar-refractivity contribution in [3.63, 3.8) is 0 Å². The van der Waals surface area contributed by atoms with Crippen molar-refractivity contribution in [1.82, 2.24) is 4.90 Å². The monoisotopic (exact) mass is 253 g/mol. The number of amides is 1. The number of hydrogen-bond donors (Lipinski definition) is 1. The number of carboxylic acid groups (broad SMARTS) is 1. The summed E-state index contributed by atoms with van der Waals surface area (Å²) >= 11 is 1.38. The Morgan fingerprint density at radius 2 is 2.24 bits per heavy atom. The van der Waals surface area contributed by atoms with Crippen molar-refractivity contribution in [1.29, 1.82) is 0 Å². The Bertz CT molecular complexity index is 437. The van der Waals surface area contributed by atoms with Crippen LogP contribution in [0.5, 0.6) is 0 Å². The molecule has 92 valence electrons. The number of aliphatic carboxylic acids is 1. The largest absolute Gasteiger partial charge is 0.480 e. The summed E-state index contributed by atoms with van der Waals surface area (Å²) < 4.78 is 0. The third kappa shape index (κ3) is 3.06. The summed E-state index contributed by atoms with van der Waals surface area (Å²) in [4.78, 5) is 25.1. The zero-order valence-corrected chi connectivity index (χ0v) is 10.5. The minimum Gasteiger partial charge on any atom is -0.480 e. The van der Waals surface area contributed by atoms with E-state index in [0.29, 0.717) is 17.3 Å². The van der Waals surface area contributed by atoms with Crippen molar-refractivity contribution in [3.05, 3.63) is 21.9 Å². The highest BCUT2D eigenvalue weighted by molar-refractivity contribution is 7.12. The van der Waals surface area contributed by atoms with Crippen molar-refractivity contribution in [3.8, 4) is 0 Å². The standard InChI is InChI=1S/C12H15NO3S/c1-8-4-5-17-11(8)12(16)13(7-10(14)15)6-9-2-3-9/h4-5,9H,2-3,6-7H2,1H3,(H,14,15). The first-order valence-corrected chi connectivity index (χ1v) is 6.51. The van der Waals surface area contributed by atoms with E-state index in [1.54, 1.807) is 0 Å². The molecule has 4 nitrogen and oxygen atoms in total. The minimum atomic E-state index is -0.951. The number of rotatable bonds is 5. The van der Waals surface area contributed by atoms with Crippen LogP contribution >= 0.6 is 11.3 Å². The Morgan fingerprint density at radius 3 is 2.71 bits per heavy atom. The van der Waals surface area contributed by atoms with Crippen LogP contribution in [0.25, 0.3) is 0 Å². The van der Waals surface area contributed by atoms with Crippen LogP contribution in [-0.4, -0.2) is 35.0 Å². The van der Waals surface area contributed by atoms with Crippen LogP contribution in [0.4, 0.5) is 0 Å². The second-order valence-corrected chi connectivity index (χ2v) is 5.37. The SMILES string of the molecule is Cc1ccsc1C(=O)N(CC(=O)O)CC1CC1. The van der Waals surface area contributed by atoms with Crippen LogP contribution in [0.2, 0.25) is 0 Å². The Hall–Kier alpha value is -1.36. The van der Waals surface area contributed by atoms with Gasteiger partial charge >= 0.3 is 5.97 Å². The summed E-state index contributed by atoms with van der Waals surface area (Å²) in [6.45, 7) is 2.24. The molecule has 2 rings (SSSR count). The Morgan fingerprint density at radius 1 is 1.53 bits per heavy atom. The molecule has 1 heterocycles. The van der Waals surface area contributed by atoms with Crippen molar-refractivity contribution in [2.75, 3.05) is 13.1 Å². The number of carbonyl (C=O) groups excluding carboxylic acids is 1. The van der Waals surface area contributed by atoms with E-state index in [2.05, 4.69) is 0 Å². The first kappa shape index (κ1) is 12.1. The van der Waals surface area contributed by atoms with Gasteiger partial charge in [0.1, 0.15) is 6.54 Å². The molecular formula is C12H15NO3S. The fourth-order valence-corrected chi connectivity index (χ4v) is 2.62. The molecule has 1 amide bonds. The molecule has 0 saturated heterocycles. The molecule has 0 unspecified atom stereocenters. The normalized spacial score (nSPS) is 14.6. The zero-order chi connectivity index (χ0) is 12.4. The molecule has 0 aliphatic heterocycles. The fraction of sp³-hybridized carbons (Fsp3) is 0.500. The molecule has 1 aromatic rings. The molecule has 1 saturated carbocycles. The number of hydrogen-bond acceptors (Lipinski definition) is 3. The van der Waals surface area contributed by atoms with Gasteiger partial charge in [0.05, 0.1) is 4.88 Å². The van der Waals surface area contributed by atoms with Gasteiger partial charge < -0.3 is 10.0 Å². The summed E-state index contributed by atoms with van der Waals surface area (Å²) in [5, 5.41) is 10.7. The quantitative estimate of drug-likeness (QED) is 0.873. The molecule has 1 aromatic heterocycles. The molecule has 0 aromatic carbocycles. The summed E-state index contributed by atoms with van der Waals surface area (Å²) in [5.41, 5.74) is 0.922. The van der Waals surface area contributed by atoms with Gasteiger partial charge in [0.2, 0.25) is 0 Å². The van der Waals surface area contributed by atoms with Crippen molar-refractivity contribution < 1.29 is 14.7 Å². The highest BCUT2D eigenvalue weighted by Gasteiger charge is 2.29. The maximum Gasteiger partial charge on any atom is 0.323 e. The van der Waals surface area contributed by atoms with Gasteiger partial charge in [-0.05, 0) is 42.7 Å². The fourth-order valence-electron chi connectivity index (χ4n) is 1.73. The number of carbonyl (C=O) groups is 2. The number of thiophene rings is 1. The molecule has 1 fully saturated rings.